The molecular formula is C31H38N4S2. The second-order valence-electron chi connectivity index (χ2n) is 11.5. The molecule has 4 heterocycles. The molecule has 0 aliphatic heterocycles. The summed E-state index contributed by atoms with van der Waals surface area (Å²) in [7, 11) is 0. The normalized spacial score (nSPS) is 18.8. The number of hydrogen-bond donors (Lipinski definition) is 2. The fourth-order valence-electron chi connectivity index (χ4n) is 7.18. The highest BCUT2D eigenvalue weighted by atomic mass is 32.1. The number of anilines is 2. The first-order valence-electron chi connectivity index (χ1n) is 14.6. The maximum atomic E-state index is 6.54. The summed E-state index contributed by atoms with van der Waals surface area (Å²) in [5.74, 6) is 0. The molecule has 4 nitrogen and oxygen atoms in total. The van der Waals surface area contributed by atoms with Crippen LogP contribution < -0.4 is 11.5 Å². The maximum absolute atomic E-state index is 6.54. The van der Waals surface area contributed by atoms with Crippen molar-refractivity contribution in [3.05, 3.63) is 43.4 Å². The van der Waals surface area contributed by atoms with E-state index in [4.69, 9.17) is 21.4 Å². The third-order valence-electron chi connectivity index (χ3n) is 9.09. The van der Waals surface area contributed by atoms with Gasteiger partial charge in [0.25, 0.3) is 0 Å². The lowest BCUT2D eigenvalue weighted by molar-refractivity contribution is 0.611. The van der Waals surface area contributed by atoms with Gasteiger partial charge in [0.1, 0.15) is 9.66 Å². The molecule has 4 N–H and O–H groups in total. The lowest BCUT2D eigenvalue weighted by Gasteiger charge is -2.16. The van der Waals surface area contributed by atoms with E-state index in [1.54, 1.807) is 9.75 Å². The number of fused-ring (bicyclic) bond motifs is 8. The van der Waals surface area contributed by atoms with Crippen molar-refractivity contribution in [1.82, 2.24) is 9.97 Å². The van der Waals surface area contributed by atoms with Gasteiger partial charge in [-0.15, -0.1) is 22.7 Å². The molecule has 194 valence electrons. The maximum Gasteiger partial charge on any atom is 0.126 e. The molecule has 0 saturated heterocycles. The number of nitrogens with zero attached hydrogens (tertiary/aromatic N) is 2. The van der Waals surface area contributed by atoms with Crippen molar-refractivity contribution in [2.24, 2.45) is 0 Å². The van der Waals surface area contributed by atoms with Crippen LogP contribution in [-0.2, 0) is 51.4 Å². The Hall–Kier alpha value is -2.18. The summed E-state index contributed by atoms with van der Waals surface area (Å²) in [6.45, 7) is 0. The lowest BCUT2D eigenvalue weighted by Crippen LogP contribution is -2.07. The van der Waals surface area contributed by atoms with Crippen LogP contribution in [0.2, 0.25) is 0 Å². The third kappa shape index (κ3) is 4.15. The molecule has 37 heavy (non-hydrogen) atoms. The Morgan fingerprint density at radius 2 is 0.838 bits per heavy atom. The number of nitrogens with two attached hydrogens (primary N) is 2. The molecule has 0 atom stereocenters. The van der Waals surface area contributed by atoms with Gasteiger partial charge in [0.15, 0.2) is 0 Å². The van der Waals surface area contributed by atoms with E-state index in [1.165, 1.54) is 138 Å². The molecule has 0 spiro atoms. The van der Waals surface area contributed by atoms with Crippen LogP contribution in [0.5, 0.6) is 0 Å². The standard InChI is InChI=1S/C16H20N2S.C15H18N2S/c17-15-10-6-3-1-2-4-8-12(10)18-16-14(15)11-7-5-9-13(11)19-16;16-14-9-6-4-7-11(9)17-15-13(14)10-5-2-1-3-8-12(10)18-15/h1-9H2,(H2,17,18);1-8H2,(H2,16,17). The van der Waals surface area contributed by atoms with Crippen LogP contribution in [0.4, 0.5) is 11.4 Å². The van der Waals surface area contributed by atoms with Crippen LogP contribution in [0.15, 0.2) is 0 Å². The first kappa shape index (κ1) is 23.9. The summed E-state index contributed by atoms with van der Waals surface area (Å²) in [5, 5.41) is 2.63. The van der Waals surface area contributed by atoms with Crippen LogP contribution in [-0.4, -0.2) is 9.97 Å². The molecule has 4 aliphatic carbocycles. The van der Waals surface area contributed by atoms with Gasteiger partial charge in [0.05, 0.1) is 0 Å². The van der Waals surface area contributed by atoms with Crippen LogP contribution >= 0.6 is 22.7 Å². The number of pyridine rings is 2. The van der Waals surface area contributed by atoms with E-state index in [1.807, 2.05) is 22.7 Å². The van der Waals surface area contributed by atoms with Crippen LogP contribution in [0.1, 0.15) is 101 Å². The van der Waals surface area contributed by atoms with Gasteiger partial charge in [-0.3, -0.25) is 0 Å². The average molecular weight is 531 g/mol. The number of nitrogen functional groups attached to an aromatic ring is 2. The summed E-state index contributed by atoms with van der Waals surface area (Å²) in [6.07, 6.45) is 21.2. The Morgan fingerprint density at radius 3 is 1.49 bits per heavy atom. The van der Waals surface area contributed by atoms with Gasteiger partial charge in [-0.25, -0.2) is 9.97 Å². The smallest absolute Gasteiger partial charge is 0.126 e. The predicted octanol–water partition coefficient (Wildman–Crippen LogP) is 7.66. The van der Waals surface area contributed by atoms with Gasteiger partial charge in [-0.1, -0.05) is 19.3 Å². The van der Waals surface area contributed by atoms with Crippen molar-refractivity contribution in [3.8, 4) is 0 Å². The second kappa shape index (κ2) is 9.85. The fraction of sp³-hybridized carbons (Fsp3) is 0.548. The summed E-state index contributed by atoms with van der Waals surface area (Å²) in [6, 6.07) is 0. The van der Waals surface area contributed by atoms with Gasteiger partial charge in [-0.05, 0) is 112 Å². The first-order chi connectivity index (χ1) is 18.2. The molecule has 0 bridgehead atoms. The van der Waals surface area contributed by atoms with Crippen molar-refractivity contribution in [3.63, 3.8) is 0 Å². The average Bonchev–Trinajstić information content (AvgIpc) is 3.62. The minimum atomic E-state index is 1.06. The van der Waals surface area contributed by atoms with E-state index in [2.05, 4.69) is 0 Å². The molecule has 0 aromatic carbocycles. The quantitative estimate of drug-likeness (QED) is 0.229. The van der Waals surface area contributed by atoms with Crippen molar-refractivity contribution >= 4 is 54.5 Å². The Morgan fingerprint density at radius 1 is 0.432 bits per heavy atom. The molecule has 0 saturated carbocycles. The molecule has 4 aliphatic rings. The van der Waals surface area contributed by atoms with E-state index in [9.17, 15) is 0 Å². The van der Waals surface area contributed by atoms with Gasteiger partial charge in [-0.2, -0.15) is 0 Å². The van der Waals surface area contributed by atoms with E-state index >= 15 is 0 Å². The molecule has 4 aromatic heterocycles. The molecule has 0 amide bonds. The lowest BCUT2D eigenvalue weighted by atomic mass is 9.94. The van der Waals surface area contributed by atoms with Crippen LogP contribution in [0.3, 0.4) is 0 Å². The third-order valence-corrected chi connectivity index (χ3v) is 11.5. The zero-order valence-corrected chi connectivity index (χ0v) is 23.5. The van der Waals surface area contributed by atoms with Crippen LogP contribution in [0.25, 0.3) is 20.4 Å². The summed E-state index contributed by atoms with van der Waals surface area (Å²) < 4.78 is 0. The number of hydrogen-bond acceptors (Lipinski definition) is 6. The van der Waals surface area contributed by atoms with E-state index in [0.717, 1.165) is 37.1 Å². The molecule has 0 unspecified atom stereocenters. The first-order valence-corrected chi connectivity index (χ1v) is 16.2. The van der Waals surface area contributed by atoms with E-state index < -0.39 is 0 Å². The highest BCUT2D eigenvalue weighted by Crippen LogP contribution is 2.43. The molecule has 6 heteroatoms. The van der Waals surface area contributed by atoms with Gasteiger partial charge < -0.3 is 11.5 Å². The predicted molar refractivity (Wildman–Crippen MR) is 159 cm³/mol. The fourth-order valence-corrected chi connectivity index (χ4v) is 9.77. The largest absolute Gasteiger partial charge is 0.398 e. The highest BCUT2D eigenvalue weighted by molar-refractivity contribution is 7.19. The molecule has 8 rings (SSSR count). The minimum Gasteiger partial charge on any atom is -0.398 e. The molecular weight excluding hydrogens is 493 g/mol. The zero-order chi connectivity index (χ0) is 24.9. The number of aromatic nitrogens is 2. The Kier molecular flexibility index (Phi) is 6.36. The minimum absolute atomic E-state index is 1.06. The number of thiophene rings is 2. The summed E-state index contributed by atoms with van der Waals surface area (Å²) in [5.41, 5.74) is 23.5. The van der Waals surface area contributed by atoms with Crippen LogP contribution in [0, 0.1) is 0 Å². The van der Waals surface area contributed by atoms with Gasteiger partial charge in [0, 0.05) is 43.3 Å². The second-order valence-corrected chi connectivity index (χ2v) is 13.6. The molecule has 4 aromatic rings. The Bertz CT molecular complexity index is 1500. The van der Waals surface area contributed by atoms with E-state index in [-0.39, 0.29) is 0 Å². The van der Waals surface area contributed by atoms with Crippen molar-refractivity contribution in [2.75, 3.05) is 11.5 Å². The zero-order valence-electron chi connectivity index (χ0n) is 21.9. The van der Waals surface area contributed by atoms with Crippen molar-refractivity contribution < 1.29 is 0 Å². The van der Waals surface area contributed by atoms with Crippen molar-refractivity contribution in [1.29, 1.82) is 0 Å². The SMILES string of the molecule is Nc1c2c(nc3sc4c(c13)CCC4)CCCCCC2.Nc1c2c(nc3sc4c(c13)CCCCC4)CCC2. The molecule has 0 fully saturated rings. The summed E-state index contributed by atoms with van der Waals surface area (Å²) in [4.78, 5) is 15.4. The Labute approximate surface area is 227 Å². The number of aryl methyl sites for hydroxylation is 6. The summed E-state index contributed by atoms with van der Waals surface area (Å²) >= 11 is 3.80. The van der Waals surface area contributed by atoms with Crippen molar-refractivity contribution in [2.45, 2.75) is 109 Å². The number of rotatable bonds is 0. The molecule has 0 radical (unpaired) electrons. The highest BCUT2D eigenvalue weighted by Gasteiger charge is 2.25. The van der Waals surface area contributed by atoms with Gasteiger partial charge >= 0.3 is 0 Å². The monoisotopic (exact) mass is 530 g/mol. The Balaban J connectivity index is 0.000000125. The van der Waals surface area contributed by atoms with Gasteiger partial charge in [0.2, 0.25) is 0 Å². The van der Waals surface area contributed by atoms with E-state index in [0.29, 0.717) is 0 Å². The topological polar surface area (TPSA) is 77.8 Å².